The summed E-state index contributed by atoms with van der Waals surface area (Å²) in [4.78, 5) is 2.43. The predicted octanol–water partition coefficient (Wildman–Crippen LogP) is 1.83. The molecule has 0 amide bonds. The van der Waals surface area contributed by atoms with Crippen LogP contribution >= 0.6 is 24.8 Å². The van der Waals surface area contributed by atoms with Gasteiger partial charge in [0.2, 0.25) is 0 Å². The lowest BCUT2D eigenvalue weighted by molar-refractivity contribution is 0.0767. The van der Waals surface area contributed by atoms with E-state index in [1.54, 1.807) is 0 Å². The van der Waals surface area contributed by atoms with Gasteiger partial charge in [0.15, 0.2) is 0 Å². The van der Waals surface area contributed by atoms with Crippen LogP contribution in [0.4, 0.5) is 0 Å². The second-order valence-electron chi connectivity index (χ2n) is 4.37. The fourth-order valence-corrected chi connectivity index (χ4v) is 1.97. The largest absolute Gasteiger partial charge is 0.491 e. The molecule has 1 aromatic rings. The first-order valence-electron chi connectivity index (χ1n) is 6.64. The van der Waals surface area contributed by atoms with Gasteiger partial charge in [0.1, 0.15) is 12.4 Å². The van der Waals surface area contributed by atoms with E-state index in [1.807, 2.05) is 30.3 Å². The normalized spacial score (nSPS) is 15.0. The second kappa shape index (κ2) is 12.2. The summed E-state index contributed by atoms with van der Waals surface area (Å²) in [5.74, 6) is 0.906. The lowest BCUT2D eigenvalue weighted by atomic mass is 10.3. The first-order chi connectivity index (χ1) is 8.95. The Kier molecular flexibility index (Phi) is 11.9. The molecule has 0 bridgehead atoms. The molecular formula is C14H24Cl2N2O2. The van der Waals surface area contributed by atoms with Crippen LogP contribution in [0.25, 0.3) is 0 Å². The van der Waals surface area contributed by atoms with Crippen LogP contribution in [0.15, 0.2) is 30.3 Å². The van der Waals surface area contributed by atoms with Gasteiger partial charge in [-0.3, -0.25) is 4.90 Å². The average Bonchev–Trinajstić information content (AvgIpc) is 2.45. The molecule has 1 N–H and O–H groups in total. The Morgan fingerprint density at radius 2 is 1.65 bits per heavy atom. The highest BCUT2D eigenvalue weighted by molar-refractivity contribution is 5.85. The molecular weight excluding hydrogens is 299 g/mol. The monoisotopic (exact) mass is 322 g/mol. The summed E-state index contributed by atoms with van der Waals surface area (Å²) in [6.45, 7) is 7.53. The zero-order valence-corrected chi connectivity index (χ0v) is 13.3. The molecule has 1 saturated heterocycles. The molecule has 0 radical (unpaired) electrons. The topological polar surface area (TPSA) is 33.7 Å². The first kappa shape index (κ1) is 19.5. The molecule has 20 heavy (non-hydrogen) atoms. The van der Waals surface area contributed by atoms with Crippen LogP contribution in [0.5, 0.6) is 5.75 Å². The van der Waals surface area contributed by atoms with Crippen molar-refractivity contribution in [1.29, 1.82) is 0 Å². The zero-order valence-electron chi connectivity index (χ0n) is 11.6. The Balaban J connectivity index is 0.00000180. The molecule has 0 unspecified atom stereocenters. The Hall–Kier alpha value is -0.520. The van der Waals surface area contributed by atoms with E-state index in [0.29, 0.717) is 13.2 Å². The number of halogens is 2. The number of benzene rings is 1. The van der Waals surface area contributed by atoms with Crippen molar-refractivity contribution in [2.24, 2.45) is 0 Å². The highest BCUT2D eigenvalue weighted by atomic mass is 35.5. The van der Waals surface area contributed by atoms with E-state index in [0.717, 1.165) is 45.1 Å². The number of hydrogen-bond donors (Lipinski definition) is 1. The molecule has 1 heterocycles. The van der Waals surface area contributed by atoms with Gasteiger partial charge in [-0.1, -0.05) is 18.2 Å². The molecule has 1 fully saturated rings. The maximum Gasteiger partial charge on any atom is 0.119 e. The summed E-state index contributed by atoms with van der Waals surface area (Å²) < 4.78 is 11.1. The minimum absolute atomic E-state index is 0. The van der Waals surface area contributed by atoms with E-state index in [4.69, 9.17) is 9.47 Å². The van der Waals surface area contributed by atoms with Gasteiger partial charge in [-0.15, -0.1) is 24.8 Å². The molecule has 1 aliphatic rings. The van der Waals surface area contributed by atoms with E-state index in [-0.39, 0.29) is 24.8 Å². The smallest absolute Gasteiger partial charge is 0.119 e. The molecule has 1 aliphatic heterocycles. The molecule has 0 spiro atoms. The third-order valence-corrected chi connectivity index (χ3v) is 3.00. The minimum atomic E-state index is 0. The maximum atomic E-state index is 5.57. The molecule has 0 saturated carbocycles. The van der Waals surface area contributed by atoms with Crippen LogP contribution in [0, 0.1) is 0 Å². The Labute approximate surface area is 133 Å². The number of hydrogen-bond acceptors (Lipinski definition) is 4. The molecule has 1 aromatic carbocycles. The van der Waals surface area contributed by atoms with E-state index in [9.17, 15) is 0 Å². The zero-order chi connectivity index (χ0) is 12.5. The third kappa shape index (κ3) is 7.92. The van der Waals surface area contributed by atoms with Gasteiger partial charge in [-0.25, -0.2) is 0 Å². The van der Waals surface area contributed by atoms with Crippen molar-refractivity contribution in [1.82, 2.24) is 10.2 Å². The molecule has 0 aromatic heterocycles. The summed E-state index contributed by atoms with van der Waals surface area (Å²) in [6, 6.07) is 9.85. The van der Waals surface area contributed by atoms with Gasteiger partial charge < -0.3 is 14.8 Å². The van der Waals surface area contributed by atoms with Crippen LogP contribution in [-0.2, 0) is 4.74 Å². The van der Waals surface area contributed by atoms with Crippen molar-refractivity contribution < 1.29 is 9.47 Å². The van der Waals surface area contributed by atoms with Gasteiger partial charge in [0.25, 0.3) is 0 Å². The van der Waals surface area contributed by atoms with Crippen LogP contribution in [-0.4, -0.2) is 57.4 Å². The van der Waals surface area contributed by atoms with Crippen molar-refractivity contribution >= 4 is 24.8 Å². The Morgan fingerprint density at radius 3 is 2.35 bits per heavy atom. The third-order valence-electron chi connectivity index (χ3n) is 3.00. The Morgan fingerprint density at radius 1 is 0.950 bits per heavy atom. The fourth-order valence-electron chi connectivity index (χ4n) is 1.97. The number of nitrogens with one attached hydrogen (secondary N) is 1. The van der Waals surface area contributed by atoms with Crippen molar-refractivity contribution in [3.63, 3.8) is 0 Å². The summed E-state index contributed by atoms with van der Waals surface area (Å²) >= 11 is 0. The molecule has 116 valence electrons. The van der Waals surface area contributed by atoms with Crippen molar-refractivity contribution in [3.05, 3.63) is 30.3 Å². The van der Waals surface area contributed by atoms with E-state index in [2.05, 4.69) is 10.2 Å². The number of piperazine rings is 1. The molecule has 6 heteroatoms. The van der Waals surface area contributed by atoms with Crippen LogP contribution in [0.3, 0.4) is 0 Å². The average molecular weight is 323 g/mol. The van der Waals surface area contributed by atoms with Crippen LogP contribution in [0.2, 0.25) is 0 Å². The van der Waals surface area contributed by atoms with E-state index in [1.165, 1.54) is 0 Å². The van der Waals surface area contributed by atoms with Crippen molar-refractivity contribution in [3.8, 4) is 5.75 Å². The van der Waals surface area contributed by atoms with Gasteiger partial charge >= 0.3 is 0 Å². The highest BCUT2D eigenvalue weighted by Crippen LogP contribution is 2.07. The van der Waals surface area contributed by atoms with Gasteiger partial charge in [-0.2, -0.15) is 0 Å². The van der Waals surface area contributed by atoms with E-state index >= 15 is 0 Å². The molecule has 2 rings (SSSR count). The van der Waals surface area contributed by atoms with E-state index < -0.39 is 0 Å². The van der Waals surface area contributed by atoms with Crippen molar-refractivity contribution in [2.75, 3.05) is 52.5 Å². The first-order valence-corrected chi connectivity index (χ1v) is 6.64. The molecule has 0 aliphatic carbocycles. The summed E-state index contributed by atoms with van der Waals surface area (Å²) in [5.41, 5.74) is 0. The predicted molar refractivity (Wildman–Crippen MR) is 86.6 cm³/mol. The highest BCUT2D eigenvalue weighted by Gasteiger charge is 2.08. The Bertz CT molecular complexity index is 322. The molecule has 4 nitrogen and oxygen atoms in total. The quantitative estimate of drug-likeness (QED) is 0.777. The standard InChI is InChI=1S/C14H22N2O2.2ClH/c1-2-4-14(5-3-1)18-13-12-17-11-10-16-8-6-15-7-9-16;;/h1-5,15H,6-13H2;2*1H. The summed E-state index contributed by atoms with van der Waals surface area (Å²) in [5, 5.41) is 3.34. The number of nitrogens with zero attached hydrogens (tertiary/aromatic N) is 1. The minimum Gasteiger partial charge on any atom is -0.491 e. The fraction of sp³-hybridized carbons (Fsp3) is 0.571. The number of ether oxygens (including phenoxy) is 2. The van der Waals surface area contributed by atoms with Crippen LogP contribution in [0.1, 0.15) is 0 Å². The summed E-state index contributed by atoms with van der Waals surface area (Å²) in [7, 11) is 0. The molecule has 0 atom stereocenters. The lowest BCUT2D eigenvalue weighted by Crippen LogP contribution is -2.44. The second-order valence-corrected chi connectivity index (χ2v) is 4.37. The van der Waals surface area contributed by atoms with Crippen LogP contribution < -0.4 is 10.1 Å². The van der Waals surface area contributed by atoms with Gasteiger partial charge in [0.05, 0.1) is 13.2 Å². The maximum absolute atomic E-state index is 5.57. The number of para-hydroxylation sites is 1. The van der Waals surface area contributed by atoms with Gasteiger partial charge in [-0.05, 0) is 12.1 Å². The lowest BCUT2D eigenvalue weighted by Gasteiger charge is -2.26. The summed E-state index contributed by atoms with van der Waals surface area (Å²) in [6.07, 6.45) is 0. The SMILES string of the molecule is Cl.Cl.c1ccc(OCCOCCN2CCNCC2)cc1. The van der Waals surface area contributed by atoms with Gasteiger partial charge in [0, 0.05) is 32.7 Å². The number of rotatable bonds is 7. The van der Waals surface area contributed by atoms with Crippen molar-refractivity contribution in [2.45, 2.75) is 0 Å².